The smallest absolute Gasteiger partial charge is 0.149 e. The summed E-state index contributed by atoms with van der Waals surface area (Å²) in [5.41, 5.74) is 4.02. The van der Waals surface area contributed by atoms with E-state index in [4.69, 9.17) is 9.47 Å². The summed E-state index contributed by atoms with van der Waals surface area (Å²) < 4.78 is 12.1. The van der Waals surface area contributed by atoms with Gasteiger partial charge >= 0.3 is 0 Å². The van der Waals surface area contributed by atoms with Crippen molar-refractivity contribution in [3.8, 4) is 5.75 Å². The molecule has 2 aliphatic carbocycles. The minimum Gasteiger partial charge on any atom is -0.488 e. The van der Waals surface area contributed by atoms with Crippen LogP contribution < -0.4 is 15.0 Å². The molecular formula is C25H30N6O2. The van der Waals surface area contributed by atoms with Gasteiger partial charge in [-0.15, -0.1) is 0 Å². The van der Waals surface area contributed by atoms with Crippen LogP contribution in [0.1, 0.15) is 50.1 Å². The molecule has 1 aromatic carbocycles. The number of fused-ring (bicyclic) bond motifs is 1. The molecule has 8 nitrogen and oxygen atoms in total. The van der Waals surface area contributed by atoms with Crippen LogP contribution in [0.3, 0.4) is 0 Å². The van der Waals surface area contributed by atoms with Crippen LogP contribution >= 0.6 is 0 Å². The summed E-state index contributed by atoms with van der Waals surface area (Å²) in [5.74, 6) is 2.43. The summed E-state index contributed by atoms with van der Waals surface area (Å²) in [5, 5.41) is 3.62. The maximum absolute atomic E-state index is 6.54. The van der Waals surface area contributed by atoms with Crippen LogP contribution in [0.15, 0.2) is 36.9 Å². The van der Waals surface area contributed by atoms with Crippen molar-refractivity contribution in [2.75, 3.05) is 36.5 Å². The molecule has 8 heteroatoms. The zero-order valence-electron chi connectivity index (χ0n) is 18.8. The van der Waals surface area contributed by atoms with Gasteiger partial charge in [0.1, 0.15) is 23.4 Å². The summed E-state index contributed by atoms with van der Waals surface area (Å²) in [7, 11) is 0. The van der Waals surface area contributed by atoms with Crippen LogP contribution in [0.5, 0.6) is 5.75 Å². The van der Waals surface area contributed by atoms with Crippen LogP contribution in [0.2, 0.25) is 0 Å². The lowest BCUT2D eigenvalue weighted by atomic mass is 9.93. The van der Waals surface area contributed by atoms with Crippen molar-refractivity contribution in [2.24, 2.45) is 0 Å². The van der Waals surface area contributed by atoms with Crippen LogP contribution in [0.4, 0.5) is 11.5 Å². The number of rotatable bonds is 6. The summed E-state index contributed by atoms with van der Waals surface area (Å²) in [6.07, 6.45) is 12.0. The fraction of sp³-hybridized carbons (Fsp3) is 0.520. The predicted molar refractivity (Wildman–Crippen MR) is 127 cm³/mol. The SMILES string of the molecule is c1nc(NC2CCC(Oc3cc(N4CCOCC4)cc4nccnc34)CC2)cc(C2CC2)n1. The third kappa shape index (κ3) is 4.71. The maximum atomic E-state index is 6.54. The highest BCUT2D eigenvalue weighted by Gasteiger charge is 2.27. The number of aromatic nitrogens is 4. The Kier molecular flexibility index (Phi) is 5.68. The molecule has 33 heavy (non-hydrogen) atoms. The summed E-state index contributed by atoms with van der Waals surface area (Å²) in [6, 6.07) is 6.79. The van der Waals surface area contributed by atoms with Gasteiger partial charge in [0.25, 0.3) is 0 Å². The fourth-order valence-electron chi connectivity index (χ4n) is 4.89. The molecule has 2 aromatic heterocycles. The molecule has 3 heterocycles. The van der Waals surface area contributed by atoms with Gasteiger partial charge in [0.15, 0.2) is 0 Å². The number of benzene rings is 1. The van der Waals surface area contributed by atoms with Gasteiger partial charge in [-0.05, 0) is 44.6 Å². The quantitative estimate of drug-likeness (QED) is 0.610. The number of morpholine rings is 1. The molecule has 3 aromatic rings. The molecule has 172 valence electrons. The molecule has 2 saturated carbocycles. The number of hydrogen-bond acceptors (Lipinski definition) is 8. The van der Waals surface area contributed by atoms with E-state index in [-0.39, 0.29) is 6.10 Å². The van der Waals surface area contributed by atoms with Gasteiger partial charge in [0, 0.05) is 61.0 Å². The van der Waals surface area contributed by atoms with Gasteiger partial charge in [0.2, 0.25) is 0 Å². The molecule has 0 bridgehead atoms. The number of nitrogens with one attached hydrogen (secondary N) is 1. The highest BCUT2D eigenvalue weighted by Crippen LogP contribution is 2.39. The standard InChI is InChI=1S/C25H30N6O2/c1-2-17(1)21-15-24(29-16-28-21)30-18-3-5-20(6-4-18)33-23-14-19(31-9-11-32-12-10-31)13-22-25(23)27-8-7-26-22/h7-8,13-18,20H,1-6,9-12H2,(H,28,29,30). The number of ether oxygens (including phenoxy) is 2. The Morgan fingerprint density at radius 3 is 2.52 bits per heavy atom. The number of hydrogen-bond donors (Lipinski definition) is 1. The molecule has 0 unspecified atom stereocenters. The second kappa shape index (κ2) is 9.09. The minimum atomic E-state index is 0.181. The topological polar surface area (TPSA) is 85.3 Å². The number of nitrogens with zero attached hydrogens (tertiary/aromatic N) is 5. The second-order valence-electron chi connectivity index (χ2n) is 9.31. The first-order valence-corrected chi connectivity index (χ1v) is 12.1. The van der Waals surface area contributed by atoms with E-state index in [0.29, 0.717) is 12.0 Å². The Hall–Kier alpha value is -3.00. The van der Waals surface area contributed by atoms with E-state index >= 15 is 0 Å². The Morgan fingerprint density at radius 2 is 1.70 bits per heavy atom. The van der Waals surface area contributed by atoms with Crippen molar-refractivity contribution in [1.29, 1.82) is 0 Å². The molecule has 0 atom stereocenters. The first-order valence-electron chi connectivity index (χ1n) is 12.1. The average molecular weight is 447 g/mol. The van der Waals surface area contributed by atoms with Gasteiger partial charge in [-0.3, -0.25) is 4.98 Å². The van der Waals surface area contributed by atoms with E-state index < -0.39 is 0 Å². The molecule has 1 saturated heterocycles. The van der Waals surface area contributed by atoms with E-state index in [1.54, 1.807) is 18.7 Å². The predicted octanol–water partition coefficient (Wildman–Crippen LogP) is 3.94. The van der Waals surface area contributed by atoms with Gasteiger partial charge in [-0.1, -0.05) is 0 Å². The lowest BCUT2D eigenvalue weighted by Gasteiger charge is -2.31. The first-order chi connectivity index (χ1) is 16.3. The molecule has 0 amide bonds. The lowest BCUT2D eigenvalue weighted by molar-refractivity contribution is 0.122. The van der Waals surface area contributed by atoms with Crippen molar-refractivity contribution in [3.63, 3.8) is 0 Å². The minimum absolute atomic E-state index is 0.181. The molecular weight excluding hydrogens is 416 g/mol. The Morgan fingerprint density at radius 1 is 0.879 bits per heavy atom. The van der Waals surface area contributed by atoms with E-state index in [9.17, 15) is 0 Å². The average Bonchev–Trinajstić information content (AvgIpc) is 3.72. The van der Waals surface area contributed by atoms with Gasteiger partial charge < -0.3 is 19.7 Å². The molecule has 1 N–H and O–H groups in total. The molecule has 3 fully saturated rings. The summed E-state index contributed by atoms with van der Waals surface area (Å²) in [4.78, 5) is 20.3. The molecule has 0 radical (unpaired) electrons. The third-order valence-corrected chi connectivity index (χ3v) is 6.90. The van der Waals surface area contributed by atoms with E-state index in [0.717, 1.165) is 80.3 Å². The maximum Gasteiger partial charge on any atom is 0.149 e. The zero-order valence-corrected chi connectivity index (χ0v) is 18.8. The van der Waals surface area contributed by atoms with Crippen LogP contribution in [-0.2, 0) is 4.74 Å². The van der Waals surface area contributed by atoms with Crippen LogP contribution in [-0.4, -0.2) is 58.4 Å². The summed E-state index contributed by atoms with van der Waals surface area (Å²) >= 11 is 0. The van der Waals surface area contributed by atoms with E-state index in [1.165, 1.54) is 18.5 Å². The van der Waals surface area contributed by atoms with Crippen LogP contribution in [0, 0.1) is 0 Å². The Labute approximate surface area is 193 Å². The molecule has 6 rings (SSSR count). The lowest BCUT2D eigenvalue weighted by Crippen LogP contribution is -2.36. The van der Waals surface area contributed by atoms with Gasteiger partial charge in [-0.25, -0.2) is 15.0 Å². The number of anilines is 2. The Balaban J connectivity index is 1.12. The summed E-state index contributed by atoms with van der Waals surface area (Å²) in [6.45, 7) is 3.27. The van der Waals surface area contributed by atoms with Crippen molar-refractivity contribution in [1.82, 2.24) is 19.9 Å². The molecule has 1 aliphatic heterocycles. The molecule has 3 aliphatic rings. The highest BCUT2D eigenvalue weighted by atomic mass is 16.5. The zero-order chi connectivity index (χ0) is 22.0. The van der Waals surface area contributed by atoms with Crippen molar-refractivity contribution >= 4 is 22.5 Å². The molecule has 0 spiro atoms. The normalized spacial score (nSPS) is 23.5. The van der Waals surface area contributed by atoms with Gasteiger partial charge in [0.05, 0.1) is 24.8 Å². The van der Waals surface area contributed by atoms with Crippen molar-refractivity contribution in [2.45, 2.75) is 56.6 Å². The second-order valence-corrected chi connectivity index (χ2v) is 9.31. The fourth-order valence-corrected chi connectivity index (χ4v) is 4.89. The van der Waals surface area contributed by atoms with E-state index in [1.807, 2.05) is 0 Å². The Bertz CT molecular complexity index is 1110. The van der Waals surface area contributed by atoms with Crippen molar-refractivity contribution in [3.05, 3.63) is 42.6 Å². The monoisotopic (exact) mass is 446 g/mol. The van der Waals surface area contributed by atoms with Crippen molar-refractivity contribution < 1.29 is 9.47 Å². The largest absolute Gasteiger partial charge is 0.488 e. The van der Waals surface area contributed by atoms with Crippen LogP contribution in [0.25, 0.3) is 11.0 Å². The first kappa shape index (κ1) is 20.6. The third-order valence-electron chi connectivity index (χ3n) is 6.90. The highest BCUT2D eigenvalue weighted by molar-refractivity contribution is 5.85. The van der Waals surface area contributed by atoms with E-state index in [2.05, 4.69) is 48.4 Å². The van der Waals surface area contributed by atoms with Gasteiger partial charge in [-0.2, -0.15) is 0 Å².